The number of ether oxygens (including phenoxy) is 1. The summed E-state index contributed by atoms with van der Waals surface area (Å²) in [7, 11) is -2.37. The van der Waals surface area contributed by atoms with Gasteiger partial charge in [-0.15, -0.1) is 11.3 Å². The van der Waals surface area contributed by atoms with E-state index in [9.17, 15) is 13.2 Å². The van der Waals surface area contributed by atoms with E-state index >= 15 is 0 Å². The van der Waals surface area contributed by atoms with Crippen molar-refractivity contribution in [3.8, 4) is 0 Å². The Morgan fingerprint density at radius 1 is 1.22 bits per heavy atom. The number of nitrogens with zero attached hydrogens (tertiary/aromatic N) is 2. The first kappa shape index (κ1) is 21.5. The van der Waals surface area contributed by atoms with Gasteiger partial charge in [-0.2, -0.15) is 4.31 Å². The van der Waals surface area contributed by atoms with E-state index in [1.165, 1.54) is 18.4 Å². The highest BCUT2D eigenvalue weighted by atomic mass is 32.2. The Labute approximate surface area is 164 Å². The van der Waals surface area contributed by atoms with E-state index in [1.54, 1.807) is 20.0 Å². The van der Waals surface area contributed by atoms with Crippen LogP contribution in [0.15, 0.2) is 23.2 Å². The Morgan fingerprint density at radius 3 is 2.37 bits per heavy atom. The van der Waals surface area contributed by atoms with Crippen LogP contribution in [0.25, 0.3) is 0 Å². The molecule has 0 unspecified atom stereocenters. The predicted molar refractivity (Wildman–Crippen MR) is 107 cm³/mol. The smallest absolute Gasteiger partial charge is 0.244 e. The zero-order chi connectivity index (χ0) is 20.2. The summed E-state index contributed by atoms with van der Waals surface area (Å²) in [4.78, 5) is 17.7. The van der Waals surface area contributed by atoms with Gasteiger partial charge in [0.1, 0.15) is 0 Å². The quantitative estimate of drug-likeness (QED) is 0.721. The highest BCUT2D eigenvalue weighted by Crippen LogP contribution is 2.25. The lowest BCUT2D eigenvalue weighted by Gasteiger charge is -2.23. The molecule has 0 saturated heterocycles. The molecule has 1 heterocycles. The molecule has 1 amide bonds. The average Bonchev–Trinajstić information content (AvgIpc) is 2.94. The van der Waals surface area contributed by atoms with E-state index in [2.05, 4.69) is 10.3 Å². The van der Waals surface area contributed by atoms with Gasteiger partial charge in [-0.25, -0.2) is 13.4 Å². The minimum atomic E-state index is -3.86. The normalized spacial score (nSPS) is 11.8. The van der Waals surface area contributed by atoms with Crippen LogP contribution in [0.3, 0.4) is 0 Å². The lowest BCUT2D eigenvalue weighted by Crippen LogP contribution is -2.40. The van der Waals surface area contributed by atoms with Gasteiger partial charge in [0.15, 0.2) is 5.13 Å². The summed E-state index contributed by atoms with van der Waals surface area (Å²) >= 11 is 1.34. The summed E-state index contributed by atoms with van der Waals surface area (Å²) in [6, 6.07) is 3.65. The van der Waals surface area contributed by atoms with Gasteiger partial charge in [0.2, 0.25) is 15.9 Å². The van der Waals surface area contributed by atoms with Gasteiger partial charge in [0.25, 0.3) is 0 Å². The van der Waals surface area contributed by atoms with Crippen LogP contribution in [0.5, 0.6) is 0 Å². The molecule has 0 fully saturated rings. The van der Waals surface area contributed by atoms with Gasteiger partial charge in [-0.05, 0) is 38.8 Å². The number of aryl methyl sites for hydroxylation is 4. The van der Waals surface area contributed by atoms with E-state index in [4.69, 9.17) is 4.74 Å². The molecule has 0 spiro atoms. The maximum absolute atomic E-state index is 13.3. The number of aromatic nitrogens is 1. The van der Waals surface area contributed by atoms with Gasteiger partial charge < -0.3 is 10.1 Å². The molecule has 2 aromatic rings. The van der Waals surface area contributed by atoms with Crippen molar-refractivity contribution in [2.45, 2.75) is 32.6 Å². The summed E-state index contributed by atoms with van der Waals surface area (Å²) < 4.78 is 32.7. The molecule has 0 aliphatic rings. The molecule has 1 aromatic carbocycles. The van der Waals surface area contributed by atoms with Crippen LogP contribution >= 0.6 is 11.3 Å². The molecule has 27 heavy (non-hydrogen) atoms. The molecular weight excluding hydrogens is 386 g/mol. The molecule has 0 aliphatic carbocycles. The van der Waals surface area contributed by atoms with Gasteiger partial charge in [0.05, 0.1) is 18.0 Å². The van der Waals surface area contributed by atoms with Crippen molar-refractivity contribution in [1.29, 1.82) is 0 Å². The number of hydrogen-bond donors (Lipinski definition) is 1. The lowest BCUT2D eigenvalue weighted by atomic mass is 10.1. The van der Waals surface area contributed by atoms with Crippen LogP contribution < -0.4 is 5.32 Å². The number of sulfonamides is 1. The largest absolute Gasteiger partial charge is 0.383 e. The van der Waals surface area contributed by atoms with Crippen LogP contribution in [0.2, 0.25) is 0 Å². The lowest BCUT2D eigenvalue weighted by molar-refractivity contribution is -0.116. The van der Waals surface area contributed by atoms with Crippen molar-refractivity contribution in [1.82, 2.24) is 9.29 Å². The van der Waals surface area contributed by atoms with Crippen molar-refractivity contribution in [3.63, 3.8) is 0 Å². The molecular formula is C18H25N3O4S2. The number of amides is 1. The molecule has 1 aromatic heterocycles. The zero-order valence-corrected chi connectivity index (χ0v) is 17.8. The highest BCUT2D eigenvalue weighted by molar-refractivity contribution is 7.89. The number of methoxy groups -OCH3 is 1. The van der Waals surface area contributed by atoms with E-state index in [-0.39, 0.29) is 24.6 Å². The van der Waals surface area contributed by atoms with Crippen molar-refractivity contribution >= 4 is 32.4 Å². The third-order valence-corrected chi connectivity index (χ3v) is 6.91. The van der Waals surface area contributed by atoms with Gasteiger partial charge in [-0.3, -0.25) is 4.79 Å². The second-order valence-corrected chi connectivity index (χ2v) is 9.49. The maximum Gasteiger partial charge on any atom is 0.244 e. The summed E-state index contributed by atoms with van der Waals surface area (Å²) in [5.41, 5.74) is 2.31. The van der Waals surface area contributed by atoms with Crippen LogP contribution in [0.1, 0.15) is 21.6 Å². The Bertz CT molecular complexity index is 899. The Hall–Kier alpha value is -1.81. The SMILES string of the molecule is COCCN(CC(=O)Nc1ncc(C)s1)S(=O)(=O)c1c(C)cc(C)cc1C. The number of nitrogens with one attached hydrogen (secondary N) is 1. The number of rotatable bonds is 8. The Balaban J connectivity index is 2.30. The monoisotopic (exact) mass is 411 g/mol. The second kappa shape index (κ2) is 8.92. The standard InChI is InChI=1S/C18H25N3O4S2/c1-12-8-13(2)17(14(3)9-12)27(23,24)21(6-7-25-5)11-16(22)20-18-19-10-15(4)26-18/h8-10H,6-7,11H2,1-5H3,(H,19,20,22). The topological polar surface area (TPSA) is 88.6 Å². The van der Waals surface area contributed by atoms with Crippen LogP contribution in [0.4, 0.5) is 5.13 Å². The third-order valence-electron chi connectivity index (χ3n) is 3.93. The van der Waals surface area contributed by atoms with E-state index < -0.39 is 15.9 Å². The van der Waals surface area contributed by atoms with Crippen molar-refractivity contribution < 1.29 is 17.9 Å². The third kappa shape index (κ3) is 5.35. The molecule has 148 valence electrons. The first-order valence-corrected chi connectivity index (χ1v) is 10.7. The molecule has 7 nitrogen and oxygen atoms in total. The van der Waals surface area contributed by atoms with Crippen LogP contribution in [0, 0.1) is 27.7 Å². The number of hydrogen-bond acceptors (Lipinski definition) is 6. The van der Waals surface area contributed by atoms with Gasteiger partial charge >= 0.3 is 0 Å². The summed E-state index contributed by atoms with van der Waals surface area (Å²) in [5.74, 6) is -0.438. The molecule has 0 aliphatic heterocycles. The number of carbonyl (C=O) groups is 1. The van der Waals surface area contributed by atoms with Crippen molar-refractivity contribution in [2.24, 2.45) is 0 Å². The van der Waals surface area contributed by atoms with Crippen molar-refractivity contribution in [3.05, 3.63) is 39.9 Å². The predicted octanol–water partition coefficient (Wildman–Crippen LogP) is 2.65. The van der Waals surface area contributed by atoms with E-state index in [0.29, 0.717) is 16.3 Å². The average molecular weight is 412 g/mol. The number of anilines is 1. The first-order valence-electron chi connectivity index (χ1n) is 8.44. The van der Waals surface area contributed by atoms with Crippen LogP contribution in [-0.4, -0.2) is 50.4 Å². The van der Waals surface area contributed by atoms with E-state index in [1.807, 2.05) is 26.0 Å². The Morgan fingerprint density at radius 2 is 1.85 bits per heavy atom. The number of thiazole rings is 1. The fourth-order valence-corrected chi connectivity index (χ4v) is 5.38. The molecule has 0 saturated carbocycles. The van der Waals surface area contributed by atoms with E-state index in [0.717, 1.165) is 14.7 Å². The molecule has 0 bridgehead atoms. The summed E-state index contributed by atoms with van der Waals surface area (Å²) in [6.07, 6.45) is 1.65. The molecule has 0 atom stereocenters. The molecule has 0 radical (unpaired) electrons. The van der Waals surface area contributed by atoms with Crippen molar-refractivity contribution in [2.75, 3.05) is 32.1 Å². The first-order chi connectivity index (χ1) is 12.6. The fourth-order valence-electron chi connectivity index (χ4n) is 2.91. The van der Waals surface area contributed by atoms with Crippen LogP contribution in [-0.2, 0) is 19.6 Å². The summed E-state index contributed by atoms with van der Waals surface area (Å²) in [6.45, 7) is 7.29. The Kier molecular flexibility index (Phi) is 7.10. The number of benzene rings is 1. The number of carbonyl (C=O) groups excluding carboxylic acids is 1. The maximum atomic E-state index is 13.3. The molecule has 9 heteroatoms. The minimum absolute atomic E-state index is 0.0793. The molecule has 2 rings (SSSR count). The second-order valence-electron chi connectivity index (χ2n) is 6.38. The fraction of sp³-hybridized carbons (Fsp3) is 0.444. The van der Waals surface area contributed by atoms with Gasteiger partial charge in [0, 0.05) is 24.7 Å². The summed E-state index contributed by atoms with van der Waals surface area (Å²) in [5, 5.41) is 3.10. The highest BCUT2D eigenvalue weighted by Gasteiger charge is 2.29. The minimum Gasteiger partial charge on any atom is -0.383 e. The zero-order valence-electron chi connectivity index (χ0n) is 16.2. The molecule has 1 N–H and O–H groups in total. The van der Waals surface area contributed by atoms with Gasteiger partial charge in [-0.1, -0.05) is 17.7 Å².